The van der Waals surface area contributed by atoms with Crippen LogP contribution in [0.3, 0.4) is 0 Å². The SMILES string of the molecule is CCCCCCCCCCCCCCCCOc1ccc(NC(=O)C(F)(C(=O)OCC)c2ccc(C(=O)O)cc2)cc1. The molecule has 0 fully saturated rings. The Bertz CT molecular complexity index is 1070. The van der Waals surface area contributed by atoms with Gasteiger partial charge in [-0.25, -0.2) is 14.0 Å². The van der Waals surface area contributed by atoms with Crippen LogP contribution < -0.4 is 10.1 Å². The van der Waals surface area contributed by atoms with Crippen LogP contribution in [0.25, 0.3) is 0 Å². The minimum Gasteiger partial charge on any atom is -0.494 e. The van der Waals surface area contributed by atoms with Crippen molar-refractivity contribution in [3.05, 3.63) is 59.7 Å². The molecule has 2 N–H and O–H groups in total. The van der Waals surface area contributed by atoms with E-state index in [-0.39, 0.29) is 23.4 Å². The Morgan fingerprint density at radius 3 is 1.71 bits per heavy atom. The molecule has 232 valence electrons. The van der Waals surface area contributed by atoms with Crippen LogP contribution in [0.1, 0.15) is 120 Å². The first-order valence-electron chi connectivity index (χ1n) is 15.6. The van der Waals surface area contributed by atoms with Gasteiger partial charge in [0.15, 0.2) is 0 Å². The number of hydrogen-bond acceptors (Lipinski definition) is 5. The molecular weight excluding hydrogens is 537 g/mol. The minimum atomic E-state index is -3.16. The Morgan fingerprint density at radius 2 is 1.24 bits per heavy atom. The van der Waals surface area contributed by atoms with E-state index in [0.29, 0.717) is 12.4 Å². The molecule has 0 saturated carbocycles. The van der Waals surface area contributed by atoms with Crippen molar-refractivity contribution >= 4 is 23.5 Å². The first kappa shape index (κ1) is 34.8. The Kier molecular flexibility index (Phi) is 16.3. The fraction of sp³-hybridized carbons (Fsp3) is 0.559. The molecule has 7 nitrogen and oxygen atoms in total. The lowest BCUT2D eigenvalue weighted by atomic mass is 9.93. The second-order valence-electron chi connectivity index (χ2n) is 10.7. The van der Waals surface area contributed by atoms with E-state index in [9.17, 15) is 14.4 Å². The van der Waals surface area contributed by atoms with Gasteiger partial charge < -0.3 is 19.9 Å². The second kappa shape index (κ2) is 19.7. The summed E-state index contributed by atoms with van der Waals surface area (Å²) in [5.74, 6) is -3.19. The van der Waals surface area contributed by atoms with Gasteiger partial charge in [0, 0.05) is 11.3 Å². The summed E-state index contributed by atoms with van der Waals surface area (Å²) in [6.07, 6.45) is 18.1. The summed E-state index contributed by atoms with van der Waals surface area (Å²) in [4.78, 5) is 36.6. The van der Waals surface area contributed by atoms with Crippen molar-refractivity contribution in [1.29, 1.82) is 0 Å². The molecule has 1 amide bonds. The van der Waals surface area contributed by atoms with Crippen molar-refractivity contribution in [2.45, 2.75) is 109 Å². The van der Waals surface area contributed by atoms with Gasteiger partial charge in [-0.3, -0.25) is 4.79 Å². The van der Waals surface area contributed by atoms with Crippen molar-refractivity contribution in [1.82, 2.24) is 0 Å². The molecule has 8 heteroatoms. The van der Waals surface area contributed by atoms with E-state index in [2.05, 4.69) is 12.2 Å². The van der Waals surface area contributed by atoms with Crippen LogP contribution in [0, 0.1) is 0 Å². The summed E-state index contributed by atoms with van der Waals surface area (Å²) in [7, 11) is 0. The Morgan fingerprint density at radius 1 is 0.738 bits per heavy atom. The lowest BCUT2D eigenvalue weighted by molar-refractivity contribution is -0.162. The van der Waals surface area contributed by atoms with Crippen molar-refractivity contribution < 1.29 is 33.4 Å². The highest BCUT2D eigenvalue weighted by Crippen LogP contribution is 2.31. The lowest BCUT2D eigenvalue weighted by Crippen LogP contribution is -2.44. The molecule has 0 aliphatic carbocycles. The average molecular weight is 586 g/mol. The maximum atomic E-state index is 16.0. The fourth-order valence-electron chi connectivity index (χ4n) is 4.75. The van der Waals surface area contributed by atoms with Crippen LogP contribution in [0.4, 0.5) is 10.1 Å². The summed E-state index contributed by atoms with van der Waals surface area (Å²) in [6, 6.07) is 10.9. The van der Waals surface area contributed by atoms with Gasteiger partial charge in [-0.2, -0.15) is 0 Å². The number of carbonyl (C=O) groups is 3. The monoisotopic (exact) mass is 585 g/mol. The molecule has 1 unspecified atom stereocenters. The number of hydrogen-bond donors (Lipinski definition) is 2. The Labute approximate surface area is 250 Å². The van der Waals surface area contributed by atoms with E-state index in [1.165, 1.54) is 84.0 Å². The molecule has 1 atom stereocenters. The predicted octanol–water partition coefficient (Wildman–Crippen LogP) is 8.61. The predicted molar refractivity (Wildman–Crippen MR) is 164 cm³/mol. The smallest absolute Gasteiger partial charge is 0.358 e. The number of ether oxygens (including phenoxy) is 2. The third kappa shape index (κ3) is 11.8. The summed E-state index contributed by atoms with van der Waals surface area (Å²) in [5, 5.41) is 11.5. The van der Waals surface area contributed by atoms with E-state index < -0.39 is 23.5 Å². The maximum Gasteiger partial charge on any atom is 0.358 e. The summed E-state index contributed by atoms with van der Waals surface area (Å²) in [6.45, 7) is 4.22. The van der Waals surface area contributed by atoms with Crippen LogP contribution in [0.5, 0.6) is 5.75 Å². The van der Waals surface area contributed by atoms with Gasteiger partial charge in [-0.05, 0) is 49.7 Å². The van der Waals surface area contributed by atoms with Gasteiger partial charge in [0.25, 0.3) is 5.91 Å². The third-order valence-electron chi connectivity index (χ3n) is 7.28. The largest absolute Gasteiger partial charge is 0.494 e. The number of esters is 1. The number of unbranched alkanes of at least 4 members (excludes halogenated alkanes) is 13. The molecule has 0 saturated heterocycles. The van der Waals surface area contributed by atoms with Crippen LogP contribution in [-0.4, -0.2) is 36.2 Å². The van der Waals surface area contributed by atoms with Gasteiger partial charge in [0.1, 0.15) is 5.75 Å². The molecule has 0 aromatic heterocycles. The van der Waals surface area contributed by atoms with Crippen molar-refractivity contribution in [3.8, 4) is 5.75 Å². The highest BCUT2D eigenvalue weighted by atomic mass is 19.1. The fourth-order valence-corrected chi connectivity index (χ4v) is 4.75. The molecular formula is C34H48FNO6. The second-order valence-corrected chi connectivity index (χ2v) is 10.7. The molecule has 0 heterocycles. The lowest BCUT2D eigenvalue weighted by Gasteiger charge is -2.23. The van der Waals surface area contributed by atoms with Crippen molar-refractivity contribution in [3.63, 3.8) is 0 Å². The molecule has 0 spiro atoms. The summed E-state index contributed by atoms with van der Waals surface area (Å²) < 4.78 is 26.6. The quantitative estimate of drug-likeness (QED) is 0.0815. The molecule has 2 aromatic carbocycles. The number of halogens is 1. The van der Waals surface area contributed by atoms with E-state index >= 15 is 4.39 Å². The van der Waals surface area contributed by atoms with Crippen LogP contribution >= 0.6 is 0 Å². The number of amides is 1. The normalized spacial score (nSPS) is 12.4. The number of carboxylic acid groups (broad SMARTS) is 1. The topological polar surface area (TPSA) is 102 Å². The van der Waals surface area contributed by atoms with Gasteiger partial charge in [-0.15, -0.1) is 0 Å². The molecule has 2 rings (SSSR count). The van der Waals surface area contributed by atoms with E-state index in [4.69, 9.17) is 14.6 Å². The standard InChI is InChI=1S/C34H48FNO6/c1-3-5-6-7-8-9-10-11-12-13-14-15-16-17-26-42-30-24-22-29(23-25-30)36-32(39)34(35,33(40)41-4-2)28-20-18-27(19-21-28)31(37)38/h18-25H,3-17,26H2,1-2H3,(H,36,39)(H,37,38). The van der Waals surface area contributed by atoms with Crippen molar-refractivity contribution in [2.24, 2.45) is 0 Å². The molecule has 42 heavy (non-hydrogen) atoms. The number of carbonyl (C=O) groups excluding carboxylic acids is 2. The summed E-state index contributed by atoms with van der Waals surface area (Å²) in [5.41, 5.74) is -3.31. The first-order valence-corrected chi connectivity index (χ1v) is 15.6. The number of anilines is 1. The number of carboxylic acids is 1. The Hall–Kier alpha value is -3.42. The summed E-state index contributed by atoms with van der Waals surface area (Å²) >= 11 is 0. The molecule has 0 radical (unpaired) electrons. The van der Waals surface area contributed by atoms with Crippen LogP contribution in [-0.2, 0) is 20.0 Å². The van der Waals surface area contributed by atoms with Gasteiger partial charge in [0.2, 0.25) is 0 Å². The van der Waals surface area contributed by atoms with E-state index in [1.807, 2.05) is 0 Å². The van der Waals surface area contributed by atoms with E-state index in [0.717, 1.165) is 37.1 Å². The Balaban J connectivity index is 1.71. The van der Waals surface area contributed by atoms with Gasteiger partial charge >= 0.3 is 17.6 Å². The zero-order valence-electron chi connectivity index (χ0n) is 25.3. The zero-order valence-corrected chi connectivity index (χ0v) is 25.3. The van der Waals surface area contributed by atoms with E-state index in [1.54, 1.807) is 24.3 Å². The number of aromatic carboxylic acids is 1. The highest BCUT2D eigenvalue weighted by Gasteiger charge is 2.50. The number of benzene rings is 2. The molecule has 0 bridgehead atoms. The van der Waals surface area contributed by atoms with Gasteiger partial charge in [-0.1, -0.05) is 103 Å². The van der Waals surface area contributed by atoms with Crippen LogP contribution in [0.2, 0.25) is 0 Å². The van der Waals surface area contributed by atoms with Crippen molar-refractivity contribution in [2.75, 3.05) is 18.5 Å². The molecule has 0 aliphatic rings. The van der Waals surface area contributed by atoms with Crippen LogP contribution in [0.15, 0.2) is 48.5 Å². The minimum absolute atomic E-state index is 0.102. The maximum absolute atomic E-state index is 16.0. The average Bonchev–Trinajstić information content (AvgIpc) is 2.99. The third-order valence-corrected chi connectivity index (χ3v) is 7.28. The molecule has 0 aliphatic heterocycles. The number of nitrogens with one attached hydrogen (secondary N) is 1. The first-order chi connectivity index (χ1) is 20.3. The highest BCUT2D eigenvalue weighted by molar-refractivity contribution is 6.12. The number of alkyl halides is 1. The zero-order chi connectivity index (χ0) is 30.6. The molecule has 2 aromatic rings. The number of rotatable bonds is 22. The van der Waals surface area contributed by atoms with Gasteiger partial charge in [0.05, 0.1) is 18.8 Å².